The number of carboxylic acids is 1. The van der Waals surface area contributed by atoms with Gasteiger partial charge >= 0.3 is 5.97 Å². The first-order valence-electron chi connectivity index (χ1n) is 10.2. The van der Waals surface area contributed by atoms with Gasteiger partial charge in [0.05, 0.1) is 27.1 Å². The number of carboxylic acid groups (broad SMARTS) is 1. The molecule has 2 amide bonds. The normalized spacial score (nSPS) is 19.8. The number of carbonyl (C=O) groups is 3. The first-order valence-corrected chi connectivity index (χ1v) is 10.2. The van der Waals surface area contributed by atoms with Crippen molar-refractivity contribution in [2.45, 2.75) is 24.6 Å². The third kappa shape index (κ3) is 3.66. The zero-order valence-electron chi connectivity index (χ0n) is 17.8. The largest absolute Gasteiger partial charge is 0.493 e. The number of aliphatic carboxylic acids is 1. The van der Waals surface area contributed by atoms with E-state index in [2.05, 4.69) is 0 Å². The minimum Gasteiger partial charge on any atom is -0.493 e. The number of benzene rings is 1. The first kappa shape index (κ1) is 21.7. The molecule has 2 aromatic rings. The van der Waals surface area contributed by atoms with Crippen molar-refractivity contribution in [3.05, 3.63) is 47.9 Å². The molecule has 1 aromatic carbocycles. The van der Waals surface area contributed by atoms with Crippen LogP contribution in [-0.2, 0) is 9.53 Å². The summed E-state index contributed by atoms with van der Waals surface area (Å²) in [4.78, 5) is 40.8. The van der Waals surface area contributed by atoms with Crippen molar-refractivity contribution < 1.29 is 38.1 Å². The zero-order chi connectivity index (χ0) is 22.9. The molecule has 3 heterocycles. The van der Waals surface area contributed by atoms with Crippen molar-refractivity contribution in [2.24, 2.45) is 0 Å². The van der Waals surface area contributed by atoms with Gasteiger partial charge in [0.15, 0.2) is 23.3 Å². The summed E-state index contributed by atoms with van der Waals surface area (Å²) in [5, 5.41) is 9.63. The van der Waals surface area contributed by atoms with Crippen molar-refractivity contribution in [3.63, 3.8) is 0 Å². The van der Waals surface area contributed by atoms with E-state index in [0.29, 0.717) is 30.2 Å². The molecule has 10 nitrogen and oxygen atoms in total. The van der Waals surface area contributed by atoms with Gasteiger partial charge in [-0.3, -0.25) is 14.5 Å². The Kier molecular flexibility index (Phi) is 5.79. The Balaban J connectivity index is 1.53. The van der Waals surface area contributed by atoms with E-state index in [-0.39, 0.29) is 31.1 Å². The molecule has 1 atom stereocenters. The molecule has 0 saturated carbocycles. The predicted molar refractivity (Wildman–Crippen MR) is 110 cm³/mol. The number of rotatable bonds is 5. The molecule has 1 spiro atoms. The summed E-state index contributed by atoms with van der Waals surface area (Å²) in [6.45, 7) is 0.467. The number of likely N-dealkylation sites (tertiary alicyclic amines) is 1. The minimum absolute atomic E-state index is 0.0463. The molecule has 0 aliphatic carbocycles. The van der Waals surface area contributed by atoms with Crippen LogP contribution in [0.5, 0.6) is 11.5 Å². The number of amides is 2. The molecule has 1 N–H and O–H groups in total. The Morgan fingerprint density at radius 3 is 2.38 bits per heavy atom. The lowest BCUT2D eigenvalue weighted by Crippen LogP contribution is -2.58. The van der Waals surface area contributed by atoms with E-state index in [9.17, 15) is 19.5 Å². The quantitative estimate of drug-likeness (QED) is 0.742. The van der Waals surface area contributed by atoms with Crippen LogP contribution in [0.2, 0.25) is 0 Å². The third-order valence-corrected chi connectivity index (χ3v) is 5.96. The second kappa shape index (κ2) is 8.54. The highest BCUT2D eigenvalue weighted by atomic mass is 16.5. The minimum atomic E-state index is -1.15. The summed E-state index contributed by atoms with van der Waals surface area (Å²) < 4.78 is 21.6. The lowest BCUT2D eigenvalue weighted by molar-refractivity contribution is -0.143. The number of ether oxygens (including phenoxy) is 3. The number of hydrogen-bond acceptors (Lipinski definition) is 7. The van der Waals surface area contributed by atoms with Crippen LogP contribution in [0.15, 0.2) is 41.0 Å². The summed E-state index contributed by atoms with van der Waals surface area (Å²) in [6, 6.07) is 6.87. The second-order valence-corrected chi connectivity index (χ2v) is 7.63. The van der Waals surface area contributed by atoms with Gasteiger partial charge < -0.3 is 28.6 Å². The van der Waals surface area contributed by atoms with Crippen LogP contribution in [-0.4, -0.2) is 78.4 Å². The molecule has 4 rings (SSSR count). The molecule has 2 fully saturated rings. The van der Waals surface area contributed by atoms with Gasteiger partial charge in [0.2, 0.25) is 0 Å². The number of hydrogen-bond donors (Lipinski definition) is 1. The summed E-state index contributed by atoms with van der Waals surface area (Å²) in [5.41, 5.74) is -0.667. The van der Waals surface area contributed by atoms with Crippen LogP contribution in [0.3, 0.4) is 0 Å². The Hall–Kier alpha value is -3.53. The van der Waals surface area contributed by atoms with Gasteiger partial charge in [0.25, 0.3) is 11.8 Å². The average molecular weight is 444 g/mol. The molecular formula is C22H24N2O8. The highest BCUT2D eigenvalue weighted by Crippen LogP contribution is 2.39. The summed E-state index contributed by atoms with van der Waals surface area (Å²) >= 11 is 0. The third-order valence-electron chi connectivity index (χ3n) is 5.96. The maximum Gasteiger partial charge on any atom is 0.328 e. The molecule has 32 heavy (non-hydrogen) atoms. The molecule has 2 aliphatic rings. The van der Waals surface area contributed by atoms with E-state index in [0.717, 1.165) is 0 Å². The Labute approximate surface area is 184 Å². The summed E-state index contributed by atoms with van der Waals surface area (Å²) in [6.07, 6.45) is 1.92. The Bertz CT molecular complexity index is 1010. The maximum absolute atomic E-state index is 13.0. The Morgan fingerprint density at radius 1 is 1.06 bits per heavy atom. The Morgan fingerprint density at radius 2 is 1.78 bits per heavy atom. The molecule has 1 aromatic heterocycles. The van der Waals surface area contributed by atoms with E-state index in [1.807, 2.05) is 0 Å². The van der Waals surface area contributed by atoms with Crippen molar-refractivity contribution in [1.82, 2.24) is 9.80 Å². The average Bonchev–Trinajstić information content (AvgIpc) is 3.47. The van der Waals surface area contributed by atoms with Crippen LogP contribution in [0.4, 0.5) is 0 Å². The lowest BCUT2D eigenvalue weighted by atomic mass is 9.96. The molecular weight excluding hydrogens is 420 g/mol. The van der Waals surface area contributed by atoms with Crippen LogP contribution in [0.1, 0.15) is 33.8 Å². The van der Waals surface area contributed by atoms with Gasteiger partial charge in [-0.25, -0.2) is 4.79 Å². The lowest BCUT2D eigenvalue weighted by Gasteiger charge is -2.44. The number of furan rings is 1. The fourth-order valence-corrected chi connectivity index (χ4v) is 4.29. The van der Waals surface area contributed by atoms with Crippen LogP contribution in [0.25, 0.3) is 0 Å². The fourth-order valence-electron chi connectivity index (χ4n) is 4.29. The van der Waals surface area contributed by atoms with Gasteiger partial charge in [0.1, 0.15) is 5.72 Å². The summed E-state index contributed by atoms with van der Waals surface area (Å²) in [5.74, 6) is -0.870. The SMILES string of the molecule is COc1ccc(C(=O)N2CCC3(CC2)OCC(C(=O)O)N3C(=O)c2ccco2)cc1OC. The van der Waals surface area contributed by atoms with E-state index in [1.165, 1.54) is 31.4 Å². The standard InChI is InChI=1S/C22H24N2O8/c1-29-16-6-5-14(12-18(16)30-2)19(25)23-9-7-22(8-10-23)24(15(13-32-22)21(27)28)20(26)17-4-3-11-31-17/h3-6,11-12,15H,7-10,13H2,1-2H3,(H,27,28). The molecule has 0 bridgehead atoms. The van der Waals surface area contributed by atoms with E-state index in [4.69, 9.17) is 18.6 Å². The number of carbonyl (C=O) groups excluding carboxylic acids is 2. The molecule has 2 saturated heterocycles. The number of nitrogens with zero attached hydrogens (tertiary/aromatic N) is 2. The van der Waals surface area contributed by atoms with Crippen molar-refractivity contribution >= 4 is 17.8 Å². The fraction of sp³-hybridized carbons (Fsp3) is 0.409. The molecule has 1 unspecified atom stereocenters. The van der Waals surface area contributed by atoms with Crippen molar-refractivity contribution in [2.75, 3.05) is 33.9 Å². The van der Waals surface area contributed by atoms with E-state index >= 15 is 0 Å². The molecule has 10 heteroatoms. The van der Waals surface area contributed by atoms with Gasteiger partial charge in [0, 0.05) is 31.5 Å². The monoisotopic (exact) mass is 444 g/mol. The molecule has 0 radical (unpaired) electrons. The van der Waals surface area contributed by atoms with E-state index < -0.39 is 23.6 Å². The van der Waals surface area contributed by atoms with Gasteiger partial charge in [-0.05, 0) is 30.3 Å². The topological polar surface area (TPSA) is 119 Å². The molecule has 2 aliphatic heterocycles. The summed E-state index contributed by atoms with van der Waals surface area (Å²) in [7, 11) is 3.02. The van der Waals surface area contributed by atoms with Crippen LogP contribution < -0.4 is 9.47 Å². The zero-order valence-corrected chi connectivity index (χ0v) is 17.8. The van der Waals surface area contributed by atoms with Crippen LogP contribution in [0, 0.1) is 0 Å². The van der Waals surface area contributed by atoms with Gasteiger partial charge in [-0.15, -0.1) is 0 Å². The predicted octanol–water partition coefficient (Wildman–Crippen LogP) is 1.85. The number of piperidine rings is 1. The second-order valence-electron chi connectivity index (χ2n) is 7.63. The highest BCUT2D eigenvalue weighted by molar-refractivity contribution is 5.96. The van der Waals surface area contributed by atoms with Crippen LogP contribution >= 0.6 is 0 Å². The highest BCUT2D eigenvalue weighted by Gasteiger charge is 2.55. The van der Waals surface area contributed by atoms with E-state index in [1.54, 1.807) is 29.2 Å². The molecule has 170 valence electrons. The first-order chi connectivity index (χ1) is 15.4. The van der Waals surface area contributed by atoms with Gasteiger partial charge in [-0.2, -0.15) is 0 Å². The number of methoxy groups -OCH3 is 2. The van der Waals surface area contributed by atoms with Gasteiger partial charge in [-0.1, -0.05) is 0 Å². The maximum atomic E-state index is 13.0. The van der Waals surface area contributed by atoms with Crippen molar-refractivity contribution in [1.29, 1.82) is 0 Å². The van der Waals surface area contributed by atoms with Crippen molar-refractivity contribution in [3.8, 4) is 11.5 Å². The smallest absolute Gasteiger partial charge is 0.328 e.